The third-order valence-corrected chi connectivity index (χ3v) is 3.85. The number of nitrogens with one attached hydrogen (secondary N) is 1. The maximum atomic E-state index is 12.5. The molecule has 0 aromatic carbocycles. The quantitative estimate of drug-likeness (QED) is 0.882. The molecule has 0 spiro atoms. The van der Waals surface area contributed by atoms with Gasteiger partial charge in [0.05, 0.1) is 0 Å². The highest BCUT2D eigenvalue weighted by atomic mass is 16.2. The first-order chi connectivity index (χ1) is 9.22. The molecule has 2 rings (SSSR count). The highest BCUT2D eigenvalue weighted by molar-refractivity contribution is 5.92. The van der Waals surface area contributed by atoms with Crippen molar-refractivity contribution < 1.29 is 4.79 Å². The molecule has 0 unspecified atom stereocenters. The second-order valence-corrected chi connectivity index (χ2v) is 5.47. The molecule has 0 atom stereocenters. The summed E-state index contributed by atoms with van der Waals surface area (Å²) in [6, 6.07) is 3.89. The van der Waals surface area contributed by atoms with Crippen LogP contribution >= 0.6 is 0 Å². The van der Waals surface area contributed by atoms with Crippen LogP contribution in [-0.2, 0) is 6.54 Å². The van der Waals surface area contributed by atoms with Gasteiger partial charge < -0.3 is 14.8 Å². The Hall–Kier alpha value is -1.29. The lowest BCUT2D eigenvalue weighted by molar-refractivity contribution is 0.0752. The molecule has 0 aliphatic carbocycles. The van der Waals surface area contributed by atoms with Gasteiger partial charge in [-0.3, -0.25) is 4.79 Å². The zero-order valence-corrected chi connectivity index (χ0v) is 12.1. The van der Waals surface area contributed by atoms with Gasteiger partial charge in [0.25, 0.3) is 5.91 Å². The summed E-state index contributed by atoms with van der Waals surface area (Å²) in [4.78, 5) is 14.4. The van der Waals surface area contributed by atoms with Crippen molar-refractivity contribution in [2.24, 2.45) is 5.92 Å². The maximum Gasteiger partial charge on any atom is 0.270 e. The Balaban J connectivity index is 1.95. The molecule has 4 heteroatoms. The highest BCUT2D eigenvalue weighted by Gasteiger charge is 2.20. The summed E-state index contributed by atoms with van der Waals surface area (Å²) >= 11 is 0. The molecule has 1 fully saturated rings. The van der Waals surface area contributed by atoms with E-state index in [9.17, 15) is 4.79 Å². The van der Waals surface area contributed by atoms with Gasteiger partial charge in [-0.05, 0) is 50.4 Å². The monoisotopic (exact) mass is 263 g/mol. The molecule has 1 aliphatic heterocycles. The predicted molar refractivity (Wildman–Crippen MR) is 77.3 cm³/mol. The molecule has 0 saturated carbocycles. The molecule has 1 amide bonds. The molecular weight excluding hydrogens is 238 g/mol. The average Bonchev–Trinajstić information content (AvgIpc) is 2.87. The van der Waals surface area contributed by atoms with Crippen LogP contribution in [0.5, 0.6) is 0 Å². The summed E-state index contributed by atoms with van der Waals surface area (Å²) in [5.41, 5.74) is 0.818. The molecule has 4 nitrogen and oxygen atoms in total. The van der Waals surface area contributed by atoms with Gasteiger partial charge in [-0.2, -0.15) is 0 Å². The third kappa shape index (κ3) is 3.60. The number of hydrogen-bond donors (Lipinski definition) is 1. The van der Waals surface area contributed by atoms with Crippen LogP contribution in [0.3, 0.4) is 0 Å². The molecule has 106 valence electrons. The fourth-order valence-corrected chi connectivity index (χ4v) is 2.77. The van der Waals surface area contributed by atoms with Crippen molar-refractivity contribution in [3.05, 3.63) is 24.0 Å². The Morgan fingerprint density at radius 3 is 2.89 bits per heavy atom. The van der Waals surface area contributed by atoms with Crippen LogP contribution in [0, 0.1) is 5.92 Å². The molecule has 1 aromatic rings. The topological polar surface area (TPSA) is 37.3 Å². The number of carbonyl (C=O) groups excluding carboxylic acids is 1. The molecule has 1 saturated heterocycles. The van der Waals surface area contributed by atoms with E-state index in [1.807, 2.05) is 30.3 Å². The van der Waals surface area contributed by atoms with Crippen molar-refractivity contribution in [2.45, 2.75) is 32.7 Å². The largest absolute Gasteiger partial charge is 0.344 e. The molecule has 19 heavy (non-hydrogen) atoms. The van der Waals surface area contributed by atoms with Crippen LogP contribution in [0.4, 0.5) is 0 Å². The summed E-state index contributed by atoms with van der Waals surface area (Å²) in [6.45, 7) is 6.08. The lowest BCUT2D eigenvalue weighted by Crippen LogP contribution is -2.37. The number of aromatic nitrogens is 1. The fourth-order valence-electron chi connectivity index (χ4n) is 2.77. The normalized spacial score (nSPS) is 16.5. The van der Waals surface area contributed by atoms with E-state index in [0.717, 1.165) is 38.3 Å². The van der Waals surface area contributed by atoms with Crippen molar-refractivity contribution in [3.63, 3.8) is 0 Å². The van der Waals surface area contributed by atoms with E-state index in [-0.39, 0.29) is 5.91 Å². The molecule has 2 heterocycles. The number of aryl methyl sites for hydroxylation is 1. The van der Waals surface area contributed by atoms with Crippen LogP contribution in [-0.4, -0.2) is 42.1 Å². The Morgan fingerprint density at radius 1 is 1.47 bits per heavy atom. The number of hydrogen-bond acceptors (Lipinski definition) is 2. The van der Waals surface area contributed by atoms with E-state index in [0.29, 0.717) is 5.92 Å². The number of carbonyl (C=O) groups is 1. The Morgan fingerprint density at radius 2 is 2.21 bits per heavy atom. The Kier molecular flexibility index (Phi) is 5.02. The smallest absolute Gasteiger partial charge is 0.270 e. The van der Waals surface area contributed by atoms with Crippen LogP contribution in [0.1, 0.15) is 36.7 Å². The minimum absolute atomic E-state index is 0.150. The summed E-state index contributed by atoms with van der Waals surface area (Å²) in [5.74, 6) is 0.793. The van der Waals surface area contributed by atoms with Crippen molar-refractivity contribution in [3.8, 4) is 0 Å². The predicted octanol–water partition coefficient (Wildman–Crippen LogP) is 1.97. The number of nitrogens with zero attached hydrogens (tertiary/aromatic N) is 2. The molecule has 1 N–H and O–H groups in total. The summed E-state index contributed by atoms with van der Waals surface area (Å²) < 4.78 is 2.06. The average molecular weight is 263 g/mol. The van der Waals surface area contributed by atoms with Crippen molar-refractivity contribution >= 4 is 5.91 Å². The molecule has 1 aromatic heterocycles. The third-order valence-electron chi connectivity index (χ3n) is 3.85. The van der Waals surface area contributed by atoms with E-state index >= 15 is 0 Å². The molecule has 1 aliphatic rings. The van der Waals surface area contributed by atoms with Crippen LogP contribution in [0.2, 0.25) is 0 Å². The van der Waals surface area contributed by atoms with E-state index in [2.05, 4.69) is 16.8 Å². The summed E-state index contributed by atoms with van der Waals surface area (Å²) in [5, 5.41) is 3.36. The zero-order chi connectivity index (χ0) is 13.7. The van der Waals surface area contributed by atoms with Gasteiger partial charge in [0.15, 0.2) is 0 Å². The van der Waals surface area contributed by atoms with Gasteiger partial charge in [0, 0.05) is 26.3 Å². The first-order valence-corrected chi connectivity index (χ1v) is 7.33. The van der Waals surface area contributed by atoms with Gasteiger partial charge in [0.2, 0.25) is 0 Å². The van der Waals surface area contributed by atoms with E-state index < -0.39 is 0 Å². The molecule has 0 radical (unpaired) electrons. The lowest BCUT2D eigenvalue weighted by atomic mass is 9.97. The number of piperidine rings is 1. The Bertz CT molecular complexity index is 407. The Labute approximate surface area is 115 Å². The van der Waals surface area contributed by atoms with Crippen LogP contribution in [0.25, 0.3) is 0 Å². The minimum Gasteiger partial charge on any atom is -0.344 e. The van der Waals surface area contributed by atoms with E-state index in [4.69, 9.17) is 0 Å². The van der Waals surface area contributed by atoms with Crippen molar-refractivity contribution in [1.29, 1.82) is 0 Å². The molecular formula is C15H25N3O. The summed E-state index contributed by atoms with van der Waals surface area (Å²) in [6.07, 6.45) is 5.39. The van der Waals surface area contributed by atoms with Gasteiger partial charge >= 0.3 is 0 Å². The number of amides is 1. The van der Waals surface area contributed by atoms with Crippen LogP contribution in [0.15, 0.2) is 18.3 Å². The van der Waals surface area contributed by atoms with Crippen molar-refractivity contribution in [2.75, 3.05) is 26.7 Å². The first-order valence-electron chi connectivity index (χ1n) is 7.33. The van der Waals surface area contributed by atoms with Gasteiger partial charge in [0.1, 0.15) is 5.69 Å². The zero-order valence-electron chi connectivity index (χ0n) is 12.1. The second-order valence-electron chi connectivity index (χ2n) is 5.47. The molecule has 0 bridgehead atoms. The van der Waals surface area contributed by atoms with Gasteiger partial charge in [-0.25, -0.2) is 0 Å². The SMILES string of the molecule is CCCn1cccc1C(=O)N(C)CC1CCNCC1. The second kappa shape index (κ2) is 6.75. The highest BCUT2D eigenvalue weighted by Crippen LogP contribution is 2.15. The van der Waals surface area contributed by atoms with Crippen LogP contribution < -0.4 is 5.32 Å². The first kappa shape index (κ1) is 14.1. The standard InChI is InChI=1S/C15H25N3O/c1-3-10-18-11-4-5-14(18)15(19)17(2)12-13-6-8-16-9-7-13/h4-5,11,13,16H,3,6-10,12H2,1-2H3. The van der Waals surface area contributed by atoms with E-state index in [1.54, 1.807) is 0 Å². The van der Waals surface area contributed by atoms with E-state index in [1.165, 1.54) is 12.8 Å². The maximum absolute atomic E-state index is 12.5. The fraction of sp³-hybridized carbons (Fsp3) is 0.667. The number of rotatable bonds is 5. The van der Waals surface area contributed by atoms with Gasteiger partial charge in [-0.15, -0.1) is 0 Å². The minimum atomic E-state index is 0.150. The lowest BCUT2D eigenvalue weighted by Gasteiger charge is -2.27. The van der Waals surface area contributed by atoms with Crippen molar-refractivity contribution in [1.82, 2.24) is 14.8 Å². The summed E-state index contributed by atoms with van der Waals surface area (Å²) in [7, 11) is 1.92. The van der Waals surface area contributed by atoms with Gasteiger partial charge in [-0.1, -0.05) is 6.92 Å².